The van der Waals surface area contributed by atoms with E-state index in [2.05, 4.69) is 40.0 Å². The van der Waals surface area contributed by atoms with Crippen LogP contribution >= 0.6 is 34.8 Å². The molecule has 1 aromatic rings. The molecule has 0 aliphatic carbocycles. The lowest BCUT2D eigenvalue weighted by atomic mass is 9.94. The number of benzene rings is 1. The van der Waals surface area contributed by atoms with Gasteiger partial charge in [0.2, 0.25) is 0 Å². The van der Waals surface area contributed by atoms with Crippen LogP contribution in [0.15, 0.2) is 17.9 Å². The molecule has 0 spiro atoms. The van der Waals surface area contributed by atoms with Gasteiger partial charge in [-0.15, -0.1) is 0 Å². The number of amides is 1. The summed E-state index contributed by atoms with van der Waals surface area (Å²) >= 11 is 7.53. The first kappa shape index (κ1) is 17.7. The van der Waals surface area contributed by atoms with Gasteiger partial charge in [-0.25, -0.2) is 0 Å². The van der Waals surface area contributed by atoms with Gasteiger partial charge in [0, 0.05) is 18.8 Å². The predicted octanol–water partition coefficient (Wildman–Crippen LogP) is 3.92. The number of likely N-dealkylation sites (N-methyl/N-ethyl adjacent to an activating group) is 1. The zero-order chi connectivity index (χ0) is 17.1. The van der Waals surface area contributed by atoms with Crippen LogP contribution in [-0.4, -0.2) is 33.5 Å². The summed E-state index contributed by atoms with van der Waals surface area (Å²) in [5.74, 6) is 0.178. The second-order valence-corrected chi connectivity index (χ2v) is 7.39. The minimum absolute atomic E-state index is 0.146. The van der Waals surface area contributed by atoms with Gasteiger partial charge in [-0.1, -0.05) is 22.6 Å². The number of nitrogens with zero attached hydrogens (tertiary/aromatic N) is 1. The van der Waals surface area contributed by atoms with Gasteiger partial charge in [-0.05, 0) is 84.2 Å². The van der Waals surface area contributed by atoms with Crippen molar-refractivity contribution in [2.45, 2.75) is 32.6 Å². The van der Waals surface area contributed by atoms with Crippen LogP contribution in [-0.2, 0) is 22.4 Å². The number of nitrogens with one attached hydrogen (secondary N) is 1. The fraction of sp³-hybridized carbons (Fsp3) is 0.444. The van der Waals surface area contributed by atoms with Gasteiger partial charge in [0.15, 0.2) is 5.76 Å². The van der Waals surface area contributed by atoms with Crippen LogP contribution in [0, 0.1) is 0 Å². The maximum Gasteiger partial charge on any atom is 0.297 e. The lowest BCUT2D eigenvalue weighted by molar-refractivity contribution is -0.122. The molecule has 1 saturated heterocycles. The highest BCUT2D eigenvalue weighted by Gasteiger charge is 2.32. The fourth-order valence-electron chi connectivity index (χ4n) is 3.17. The third kappa shape index (κ3) is 3.59. The molecular weight excluding hydrogens is 435 g/mol. The molecule has 128 valence electrons. The number of rotatable bonds is 5. The first-order valence-corrected chi connectivity index (χ1v) is 10.3. The average Bonchev–Trinajstić information content (AvgIpc) is 2.85. The predicted molar refractivity (Wildman–Crippen MR) is 110 cm³/mol. The van der Waals surface area contributed by atoms with Crippen LogP contribution < -0.4 is 5.32 Å². The Bertz CT molecular complexity index is 703. The molecular formula is C18H21IN2O2S. The highest BCUT2D eigenvalue weighted by molar-refractivity contribution is 14.1. The van der Waals surface area contributed by atoms with E-state index in [1.54, 1.807) is 0 Å². The van der Waals surface area contributed by atoms with Crippen LogP contribution in [0.3, 0.4) is 0 Å². The summed E-state index contributed by atoms with van der Waals surface area (Å²) in [7, 11) is 0. The van der Waals surface area contributed by atoms with Crippen LogP contribution in [0.2, 0.25) is 0 Å². The number of anilines is 1. The van der Waals surface area contributed by atoms with Gasteiger partial charge in [0.25, 0.3) is 11.1 Å². The summed E-state index contributed by atoms with van der Waals surface area (Å²) in [6, 6.07) is 4.33. The van der Waals surface area contributed by atoms with E-state index in [-0.39, 0.29) is 11.1 Å². The fourth-order valence-corrected chi connectivity index (χ4v) is 3.86. The summed E-state index contributed by atoms with van der Waals surface area (Å²) in [6.45, 7) is 3.46. The zero-order valence-electron chi connectivity index (χ0n) is 13.7. The highest BCUT2D eigenvalue weighted by Crippen LogP contribution is 2.30. The number of carbonyl (C=O) groups excluding carboxylic acids is 1. The minimum atomic E-state index is -0.146. The summed E-state index contributed by atoms with van der Waals surface area (Å²) in [6.07, 6.45) is 6.24. The SMILES string of the molecule is CCN1C(=O)/C(=C\c2cc(CCCI)c3c(c2)CCCN3)OC1=S. The lowest BCUT2D eigenvalue weighted by Gasteiger charge is -2.22. The number of halogens is 1. The van der Waals surface area contributed by atoms with E-state index in [1.165, 1.54) is 21.7 Å². The Labute approximate surface area is 161 Å². The number of ether oxygens (including phenoxy) is 1. The Hall–Kier alpha value is -1.15. The summed E-state index contributed by atoms with van der Waals surface area (Å²) in [5, 5.41) is 3.79. The molecule has 4 nitrogen and oxygen atoms in total. The molecule has 0 bridgehead atoms. The van der Waals surface area contributed by atoms with E-state index < -0.39 is 0 Å². The topological polar surface area (TPSA) is 41.6 Å². The molecule has 2 heterocycles. The van der Waals surface area contributed by atoms with Crippen molar-refractivity contribution >= 4 is 57.7 Å². The largest absolute Gasteiger partial charge is 0.426 e. The smallest absolute Gasteiger partial charge is 0.297 e. The van der Waals surface area contributed by atoms with Crippen LogP contribution in [0.25, 0.3) is 6.08 Å². The molecule has 1 fully saturated rings. The van der Waals surface area contributed by atoms with Crippen molar-refractivity contribution in [3.8, 4) is 0 Å². The normalized spacial score (nSPS) is 18.6. The third-order valence-electron chi connectivity index (χ3n) is 4.32. The molecule has 1 aromatic carbocycles. The number of alkyl halides is 1. The molecule has 3 rings (SSSR count). The van der Waals surface area contributed by atoms with Crippen molar-refractivity contribution in [1.82, 2.24) is 4.90 Å². The van der Waals surface area contributed by atoms with Crippen molar-refractivity contribution in [3.63, 3.8) is 0 Å². The number of carbonyl (C=O) groups is 1. The van der Waals surface area contributed by atoms with Crippen molar-refractivity contribution in [2.75, 3.05) is 22.8 Å². The number of hydrogen-bond acceptors (Lipinski definition) is 4. The monoisotopic (exact) mass is 456 g/mol. The zero-order valence-corrected chi connectivity index (χ0v) is 16.7. The van der Waals surface area contributed by atoms with Gasteiger partial charge in [0.1, 0.15) is 0 Å². The molecule has 2 aliphatic rings. The Balaban J connectivity index is 1.95. The first-order valence-electron chi connectivity index (χ1n) is 8.35. The van der Waals surface area contributed by atoms with Crippen LogP contribution in [0.5, 0.6) is 0 Å². The number of hydrogen-bond donors (Lipinski definition) is 1. The van der Waals surface area contributed by atoms with E-state index in [0.29, 0.717) is 12.3 Å². The molecule has 0 aromatic heterocycles. The van der Waals surface area contributed by atoms with Gasteiger partial charge < -0.3 is 10.1 Å². The molecule has 1 N–H and O–H groups in total. The van der Waals surface area contributed by atoms with Crippen molar-refractivity contribution in [1.29, 1.82) is 0 Å². The molecule has 6 heteroatoms. The van der Waals surface area contributed by atoms with Crippen molar-refractivity contribution in [3.05, 3.63) is 34.6 Å². The van der Waals surface area contributed by atoms with E-state index in [9.17, 15) is 4.79 Å². The molecule has 24 heavy (non-hydrogen) atoms. The minimum Gasteiger partial charge on any atom is -0.426 e. The molecule has 0 atom stereocenters. The van der Waals surface area contributed by atoms with Crippen molar-refractivity contribution in [2.24, 2.45) is 0 Å². The summed E-state index contributed by atoms with van der Waals surface area (Å²) < 4.78 is 6.64. The van der Waals surface area contributed by atoms with Crippen LogP contribution in [0.4, 0.5) is 5.69 Å². The molecule has 0 radical (unpaired) electrons. The Morgan fingerprint density at radius 2 is 2.29 bits per heavy atom. The number of aryl methyl sites for hydroxylation is 2. The average molecular weight is 456 g/mol. The first-order chi connectivity index (χ1) is 11.6. The Morgan fingerprint density at radius 1 is 1.46 bits per heavy atom. The molecule has 1 amide bonds. The number of thiocarbonyl (C=S) groups is 1. The van der Waals surface area contributed by atoms with E-state index >= 15 is 0 Å². The Morgan fingerprint density at radius 3 is 3.00 bits per heavy atom. The quantitative estimate of drug-likeness (QED) is 0.316. The maximum absolute atomic E-state index is 12.3. The Kier molecular flexibility index (Phi) is 5.76. The third-order valence-corrected chi connectivity index (χ3v) is 5.38. The van der Waals surface area contributed by atoms with Gasteiger partial charge in [-0.2, -0.15) is 0 Å². The van der Waals surface area contributed by atoms with Crippen molar-refractivity contribution < 1.29 is 9.53 Å². The number of fused-ring (bicyclic) bond motifs is 1. The second kappa shape index (κ2) is 7.82. The standard InChI is InChI=1S/C18H21IN2O2S/c1-2-21-17(22)15(23-18(21)24)11-12-9-13(5-3-7-19)16-14(10-12)6-4-8-20-16/h9-11,20H,2-8H2,1H3/b15-11+. The molecule has 0 saturated carbocycles. The highest BCUT2D eigenvalue weighted by atomic mass is 127. The van der Waals surface area contributed by atoms with Gasteiger partial charge >= 0.3 is 0 Å². The lowest BCUT2D eigenvalue weighted by Crippen LogP contribution is -2.27. The van der Waals surface area contributed by atoms with Gasteiger partial charge in [-0.3, -0.25) is 9.69 Å². The van der Waals surface area contributed by atoms with E-state index in [1.807, 2.05) is 13.0 Å². The maximum atomic E-state index is 12.3. The molecule has 2 aliphatic heterocycles. The van der Waals surface area contributed by atoms with Gasteiger partial charge in [0.05, 0.1) is 0 Å². The van der Waals surface area contributed by atoms with E-state index in [4.69, 9.17) is 17.0 Å². The van der Waals surface area contributed by atoms with Crippen LogP contribution in [0.1, 0.15) is 36.5 Å². The second-order valence-electron chi connectivity index (χ2n) is 5.96. The summed E-state index contributed by atoms with van der Waals surface area (Å²) in [5.41, 5.74) is 4.97. The summed E-state index contributed by atoms with van der Waals surface area (Å²) in [4.78, 5) is 13.8. The molecule has 0 unspecified atom stereocenters. The van der Waals surface area contributed by atoms with E-state index in [0.717, 1.165) is 42.2 Å².